The minimum absolute atomic E-state index is 0.153. The third-order valence-corrected chi connectivity index (χ3v) is 4.19. The van der Waals surface area contributed by atoms with Crippen LogP contribution < -0.4 is 33.2 Å². The molecule has 10 N–H and O–H groups in total. The summed E-state index contributed by atoms with van der Waals surface area (Å²) >= 11 is 3.87. The van der Waals surface area contributed by atoms with Gasteiger partial charge >= 0.3 is 5.97 Å². The maximum absolute atomic E-state index is 12.6. The van der Waals surface area contributed by atoms with Crippen molar-refractivity contribution in [1.29, 1.82) is 0 Å². The maximum Gasteiger partial charge on any atom is 0.327 e. The smallest absolute Gasteiger partial charge is 0.327 e. The van der Waals surface area contributed by atoms with Gasteiger partial charge in [-0.3, -0.25) is 19.2 Å². The van der Waals surface area contributed by atoms with Crippen LogP contribution in [0.25, 0.3) is 0 Å². The topological polar surface area (TPSA) is 220 Å². The standard InChI is InChI=1S/C16H30N6O6S/c1-8(18)13(24)21-10(6-12(19)23)15(26)20-9(4-2-3-5-17)14(25)22-11(7-29)16(27)28/h8-11,29H,2-7,17-18H2,1H3,(H2,19,23)(H,20,26)(H,21,24)(H,22,25)(H,27,28). The lowest BCUT2D eigenvalue weighted by Crippen LogP contribution is -2.57. The van der Waals surface area contributed by atoms with Crippen LogP contribution in [0.15, 0.2) is 0 Å². The number of rotatable bonds is 14. The molecule has 4 unspecified atom stereocenters. The normalized spacial score (nSPS) is 14.8. The molecule has 0 aliphatic rings. The Morgan fingerprint density at radius 1 is 0.931 bits per heavy atom. The Morgan fingerprint density at radius 2 is 1.45 bits per heavy atom. The van der Waals surface area contributed by atoms with E-state index in [2.05, 4.69) is 28.6 Å². The highest BCUT2D eigenvalue weighted by atomic mass is 32.1. The number of amides is 4. The summed E-state index contributed by atoms with van der Waals surface area (Å²) in [6, 6.07) is -4.64. The molecule has 0 aromatic rings. The van der Waals surface area contributed by atoms with Crippen LogP contribution in [0, 0.1) is 0 Å². The van der Waals surface area contributed by atoms with Crippen LogP contribution in [0.1, 0.15) is 32.6 Å². The van der Waals surface area contributed by atoms with Crippen LogP contribution in [-0.2, 0) is 24.0 Å². The Balaban J connectivity index is 5.34. The summed E-state index contributed by atoms with van der Waals surface area (Å²) in [5, 5.41) is 16.1. The van der Waals surface area contributed by atoms with E-state index < -0.39 is 60.2 Å². The minimum Gasteiger partial charge on any atom is -0.480 e. The Hall–Kier alpha value is -2.38. The second-order valence-corrected chi connectivity index (χ2v) is 6.81. The summed E-state index contributed by atoms with van der Waals surface area (Å²) < 4.78 is 0. The molecule has 4 atom stereocenters. The molecule has 166 valence electrons. The number of aliphatic carboxylic acids is 1. The van der Waals surface area contributed by atoms with Crippen LogP contribution in [0.3, 0.4) is 0 Å². The molecular formula is C16H30N6O6S. The number of thiol groups is 1. The fourth-order valence-electron chi connectivity index (χ4n) is 2.21. The number of nitrogens with one attached hydrogen (secondary N) is 3. The monoisotopic (exact) mass is 434 g/mol. The van der Waals surface area contributed by atoms with Crippen molar-refractivity contribution in [3.05, 3.63) is 0 Å². The van der Waals surface area contributed by atoms with Crippen LogP contribution in [-0.4, -0.2) is 71.2 Å². The van der Waals surface area contributed by atoms with Gasteiger partial charge in [-0.1, -0.05) is 0 Å². The molecule has 0 aliphatic carbocycles. The van der Waals surface area contributed by atoms with Crippen LogP contribution in [0.4, 0.5) is 0 Å². The Bertz CT molecular complexity index is 602. The van der Waals surface area contributed by atoms with Gasteiger partial charge in [-0.05, 0) is 32.7 Å². The molecule has 0 rings (SSSR count). The first-order valence-electron chi connectivity index (χ1n) is 9.02. The van der Waals surface area contributed by atoms with Crippen LogP contribution >= 0.6 is 12.6 Å². The Morgan fingerprint density at radius 3 is 1.90 bits per heavy atom. The number of primary amides is 1. The largest absolute Gasteiger partial charge is 0.480 e. The highest BCUT2D eigenvalue weighted by Crippen LogP contribution is 2.04. The predicted molar refractivity (Wildman–Crippen MR) is 108 cm³/mol. The van der Waals surface area contributed by atoms with E-state index in [1.165, 1.54) is 6.92 Å². The molecular weight excluding hydrogens is 404 g/mol. The highest BCUT2D eigenvalue weighted by Gasteiger charge is 2.30. The molecule has 0 aromatic carbocycles. The van der Waals surface area contributed by atoms with Gasteiger partial charge in [-0.2, -0.15) is 12.6 Å². The highest BCUT2D eigenvalue weighted by molar-refractivity contribution is 7.80. The summed E-state index contributed by atoms with van der Waals surface area (Å²) in [5.74, 6) is -4.54. The maximum atomic E-state index is 12.6. The van der Waals surface area contributed by atoms with Gasteiger partial charge in [0, 0.05) is 5.75 Å². The van der Waals surface area contributed by atoms with Crippen molar-refractivity contribution in [3.8, 4) is 0 Å². The van der Waals surface area contributed by atoms with Crippen molar-refractivity contribution in [2.45, 2.75) is 56.8 Å². The zero-order valence-electron chi connectivity index (χ0n) is 16.2. The number of carbonyl (C=O) groups excluding carboxylic acids is 4. The van der Waals surface area contributed by atoms with Crippen molar-refractivity contribution in [1.82, 2.24) is 16.0 Å². The Labute approximate surface area is 174 Å². The summed E-state index contributed by atoms with van der Waals surface area (Å²) in [4.78, 5) is 59.2. The number of nitrogens with two attached hydrogens (primary N) is 3. The number of hydrogen-bond donors (Lipinski definition) is 8. The van der Waals surface area contributed by atoms with Crippen LogP contribution in [0.2, 0.25) is 0 Å². The van der Waals surface area contributed by atoms with E-state index in [1.54, 1.807) is 0 Å². The summed E-state index contributed by atoms with van der Waals surface area (Å²) in [7, 11) is 0. The lowest BCUT2D eigenvalue weighted by molar-refractivity contribution is -0.141. The summed E-state index contributed by atoms with van der Waals surface area (Å²) in [5.41, 5.74) is 16.0. The van der Waals surface area contributed by atoms with Crippen LogP contribution in [0.5, 0.6) is 0 Å². The first-order valence-corrected chi connectivity index (χ1v) is 9.65. The van der Waals surface area contributed by atoms with Gasteiger partial charge in [0.15, 0.2) is 0 Å². The molecule has 0 saturated heterocycles. The van der Waals surface area contributed by atoms with E-state index in [-0.39, 0.29) is 12.2 Å². The minimum atomic E-state index is -1.34. The number of hydrogen-bond acceptors (Lipinski definition) is 8. The molecule has 12 nitrogen and oxygen atoms in total. The molecule has 29 heavy (non-hydrogen) atoms. The third-order valence-electron chi connectivity index (χ3n) is 3.83. The second kappa shape index (κ2) is 13.7. The van der Waals surface area contributed by atoms with Crippen molar-refractivity contribution in [2.75, 3.05) is 12.3 Å². The number of carbonyl (C=O) groups is 5. The summed E-state index contributed by atoms with van der Waals surface area (Å²) in [6.45, 7) is 1.76. The van der Waals surface area contributed by atoms with Gasteiger partial charge < -0.3 is 38.3 Å². The van der Waals surface area contributed by atoms with Crippen molar-refractivity contribution >= 4 is 42.2 Å². The molecule has 0 aromatic heterocycles. The van der Waals surface area contributed by atoms with E-state index in [1.807, 2.05) is 0 Å². The van der Waals surface area contributed by atoms with Gasteiger partial charge in [0.25, 0.3) is 0 Å². The van der Waals surface area contributed by atoms with Gasteiger partial charge in [-0.25, -0.2) is 4.79 Å². The summed E-state index contributed by atoms with van der Waals surface area (Å²) in [6.07, 6.45) is 0.703. The third kappa shape index (κ3) is 10.7. The second-order valence-electron chi connectivity index (χ2n) is 6.45. The SMILES string of the molecule is CC(N)C(=O)NC(CC(N)=O)C(=O)NC(CCCCN)C(=O)NC(CS)C(=O)O. The van der Waals surface area contributed by atoms with Gasteiger partial charge in [0.05, 0.1) is 12.5 Å². The van der Waals surface area contributed by atoms with Gasteiger partial charge in [0.2, 0.25) is 23.6 Å². The zero-order chi connectivity index (χ0) is 22.6. The quantitative estimate of drug-likeness (QED) is 0.102. The molecule has 0 aliphatic heterocycles. The average Bonchev–Trinajstić information content (AvgIpc) is 2.63. The number of carboxylic acids is 1. The molecule has 0 saturated carbocycles. The fraction of sp³-hybridized carbons (Fsp3) is 0.688. The predicted octanol–water partition coefficient (Wildman–Crippen LogP) is -3.19. The first-order chi connectivity index (χ1) is 13.5. The molecule has 0 spiro atoms. The van der Waals surface area contributed by atoms with Crippen molar-refractivity contribution in [3.63, 3.8) is 0 Å². The van der Waals surface area contributed by atoms with E-state index in [0.29, 0.717) is 19.4 Å². The molecule has 0 heterocycles. The first kappa shape index (κ1) is 26.6. The van der Waals surface area contributed by atoms with E-state index >= 15 is 0 Å². The van der Waals surface area contributed by atoms with E-state index in [4.69, 9.17) is 22.3 Å². The van der Waals surface area contributed by atoms with Crippen molar-refractivity contribution in [2.24, 2.45) is 17.2 Å². The molecule has 0 bridgehead atoms. The lowest BCUT2D eigenvalue weighted by Gasteiger charge is -2.24. The van der Waals surface area contributed by atoms with Gasteiger partial charge in [0.1, 0.15) is 18.1 Å². The fourth-order valence-corrected chi connectivity index (χ4v) is 2.45. The molecule has 0 radical (unpaired) electrons. The Kier molecular flexibility index (Phi) is 12.6. The van der Waals surface area contributed by atoms with Crippen molar-refractivity contribution < 1.29 is 29.1 Å². The molecule has 0 fully saturated rings. The van der Waals surface area contributed by atoms with Gasteiger partial charge in [-0.15, -0.1) is 0 Å². The lowest BCUT2D eigenvalue weighted by atomic mass is 10.1. The zero-order valence-corrected chi connectivity index (χ0v) is 17.1. The van der Waals surface area contributed by atoms with E-state index in [0.717, 1.165) is 0 Å². The number of unbranched alkanes of at least 4 members (excludes halogenated alkanes) is 1. The molecule has 4 amide bonds. The average molecular weight is 435 g/mol. The number of carboxylic acid groups (broad SMARTS) is 1. The van der Waals surface area contributed by atoms with E-state index in [9.17, 15) is 24.0 Å². The molecule has 13 heteroatoms.